The molecule has 2 N–H and O–H groups in total. The lowest BCUT2D eigenvalue weighted by molar-refractivity contribution is -0.126. The van der Waals surface area contributed by atoms with Gasteiger partial charge in [0.2, 0.25) is 5.91 Å². The highest BCUT2D eigenvalue weighted by Gasteiger charge is 2.42. The van der Waals surface area contributed by atoms with Crippen LogP contribution in [0, 0.1) is 17.3 Å². The third-order valence-corrected chi connectivity index (χ3v) is 4.44. The summed E-state index contributed by atoms with van der Waals surface area (Å²) >= 11 is 0. The monoisotopic (exact) mass is 225 g/mol. The molecule has 0 radical (unpaired) electrons. The Labute approximate surface area is 97.6 Å². The van der Waals surface area contributed by atoms with E-state index >= 15 is 0 Å². The molecule has 16 heavy (non-hydrogen) atoms. The van der Waals surface area contributed by atoms with Crippen molar-refractivity contribution in [2.45, 2.75) is 45.4 Å². The molecule has 0 spiro atoms. The van der Waals surface area contributed by atoms with E-state index in [1.807, 2.05) is 0 Å². The van der Waals surface area contributed by atoms with Crippen molar-refractivity contribution in [2.24, 2.45) is 17.3 Å². The average Bonchev–Trinajstić information content (AvgIpc) is 2.89. The van der Waals surface area contributed by atoms with Gasteiger partial charge in [-0.15, -0.1) is 0 Å². The van der Waals surface area contributed by atoms with Crippen LogP contribution >= 0.6 is 0 Å². The smallest absolute Gasteiger partial charge is 0.223 e. The Balaban J connectivity index is 1.75. The van der Waals surface area contributed by atoms with Crippen molar-refractivity contribution in [3.63, 3.8) is 0 Å². The summed E-state index contributed by atoms with van der Waals surface area (Å²) in [5, 5.41) is 12.0. The number of hydrogen-bond acceptors (Lipinski definition) is 2. The number of aliphatic hydroxyl groups excluding tert-OH is 1. The number of aliphatic hydroxyl groups is 1. The molecule has 2 aliphatic carbocycles. The minimum atomic E-state index is 0.241. The highest BCUT2D eigenvalue weighted by atomic mass is 16.3. The van der Waals surface area contributed by atoms with Gasteiger partial charge >= 0.3 is 0 Å². The Morgan fingerprint density at radius 2 is 2.19 bits per heavy atom. The maximum Gasteiger partial charge on any atom is 0.223 e. The molecule has 0 aromatic heterocycles. The summed E-state index contributed by atoms with van der Waals surface area (Å²) in [7, 11) is 0. The summed E-state index contributed by atoms with van der Waals surface area (Å²) in [6.45, 7) is 3.20. The maximum absolute atomic E-state index is 12.0. The molecule has 2 rings (SSSR count). The zero-order valence-electron chi connectivity index (χ0n) is 10.2. The third-order valence-electron chi connectivity index (χ3n) is 4.44. The maximum atomic E-state index is 12.0. The summed E-state index contributed by atoms with van der Waals surface area (Å²) in [4.78, 5) is 12.0. The predicted octanol–water partition coefficient (Wildman–Crippen LogP) is 1.70. The molecule has 1 amide bonds. The second kappa shape index (κ2) is 4.74. The zero-order valence-corrected chi connectivity index (χ0v) is 10.2. The van der Waals surface area contributed by atoms with Crippen LogP contribution in [0.1, 0.15) is 45.4 Å². The number of carbonyl (C=O) groups excluding carboxylic acids is 1. The molecule has 2 unspecified atom stereocenters. The molecular formula is C13H23NO2. The van der Waals surface area contributed by atoms with E-state index < -0.39 is 0 Å². The van der Waals surface area contributed by atoms with Crippen molar-refractivity contribution in [1.82, 2.24) is 5.32 Å². The van der Waals surface area contributed by atoms with Crippen molar-refractivity contribution in [3.8, 4) is 0 Å². The SMILES string of the molecule is CC1CCCC1C(=O)NCC1(CCO)CC1. The first-order valence-electron chi connectivity index (χ1n) is 6.55. The predicted molar refractivity (Wildman–Crippen MR) is 62.9 cm³/mol. The van der Waals surface area contributed by atoms with Crippen LogP contribution in [0.4, 0.5) is 0 Å². The van der Waals surface area contributed by atoms with Gasteiger partial charge in [-0.3, -0.25) is 4.79 Å². The van der Waals surface area contributed by atoms with Crippen molar-refractivity contribution in [2.75, 3.05) is 13.2 Å². The first kappa shape index (κ1) is 11.9. The van der Waals surface area contributed by atoms with Gasteiger partial charge in [0, 0.05) is 19.1 Å². The van der Waals surface area contributed by atoms with Crippen molar-refractivity contribution in [3.05, 3.63) is 0 Å². The summed E-state index contributed by atoms with van der Waals surface area (Å²) < 4.78 is 0. The number of rotatable bonds is 5. The normalized spacial score (nSPS) is 31.4. The molecule has 0 aromatic rings. The Hall–Kier alpha value is -0.570. The van der Waals surface area contributed by atoms with Crippen LogP contribution in [0.2, 0.25) is 0 Å². The molecule has 2 saturated carbocycles. The molecule has 0 aromatic carbocycles. The fourth-order valence-corrected chi connectivity index (χ4v) is 2.87. The number of amides is 1. The summed E-state index contributed by atoms with van der Waals surface area (Å²) in [5.74, 6) is 1.03. The second-order valence-corrected chi connectivity index (χ2v) is 5.71. The van der Waals surface area contributed by atoms with Gasteiger partial charge in [0.05, 0.1) is 0 Å². The Morgan fingerprint density at radius 1 is 1.44 bits per heavy atom. The van der Waals surface area contributed by atoms with Crippen LogP contribution in [-0.2, 0) is 4.79 Å². The molecule has 0 heterocycles. The van der Waals surface area contributed by atoms with Crippen LogP contribution in [0.15, 0.2) is 0 Å². The van der Waals surface area contributed by atoms with E-state index in [9.17, 15) is 4.79 Å². The molecule has 0 aliphatic heterocycles. The molecule has 92 valence electrons. The number of hydrogen-bond donors (Lipinski definition) is 2. The van der Waals surface area contributed by atoms with Gasteiger partial charge < -0.3 is 10.4 Å². The quantitative estimate of drug-likeness (QED) is 0.748. The third kappa shape index (κ3) is 2.57. The minimum absolute atomic E-state index is 0.241. The highest BCUT2D eigenvalue weighted by molar-refractivity contribution is 5.79. The molecule has 3 heteroatoms. The average molecular weight is 225 g/mol. The first-order chi connectivity index (χ1) is 7.67. The second-order valence-electron chi connectivity index (χ2n) is 5.71. The summed E-state index contributed by atoms with van der Waals surface area (Å²) in [6, 6.07) is 0. The number of nitrogens with one attached hydrogen (secondary N) is 1. The molecule has 2 aliphatic rings. The topological polar surface area (TPSA) is 49.3 Å². The van der Waals surface area contributed by atoms with Crippen molar-refractivity contribution in [1.29, 1.82) is 0 Å². The lowest BCUT2D eigenvalue weighted by Gasteiger charge is -2.19. The largest absolute Gasteiger partial charge is 0.396 e. The van der Waals surface area contributed by atoms with E-state index in [1.54, 1.807) is 0 Å². The lowest BCUT2D eigenvalue weighted by Crippen LogP contribution is -2.36. The fraction of sp³-hybridized carbons (Fsp3) is 0.923. The Kier molecular flexibility index (Phi) is 3.53. The summed E-state index contributed by atoms with van der Waals surface area (Å²) in [6.07, 6.45) is 6.61. The molecule has 2 fully saturated rings. The van der Waals surface area contributed by atoms with Crippen LogP contribution < -0.4 is 5.32 Å². The summed E-state index contributed by atoms with van der Waals surface area (Å²) in [5.41, 5.74) is 0.242. The van der Waals surface area contributed by atoms with Crippen LogP contribution in [0.5, 0.6) is 0 Å². The Morgan fingerprint density at radius 3 is 2.69 bits per heavy atom. The van der Waals surface area contributed by atoms with E-state index in [0.29, 0.717) is 5.92 Å². The van der Waals surface area contributed by atoms with E-state index in [1.165, 1.54) is 12.8 Å². The van der Waals surface area contributed by atoms with Gasteiger partial charge in [-0.2, -0.15) is 0 Å². The lowest BCUT2D eigenvalue weighted by atomic mass is 9.96. The molecular weight excluding hydrogens is 202 g/mol. The van der Waals surface area contributed by atoms with E-state index in [2.05, 4.69) is 12.2 Å². The van der Waals surface area contributed by atoms with Crippen LogP contribution in [-0.4, -0.2) is 24.2 Å². The highest BCUT2D eigenvalue weighted by Crippen LogP contribution is 2.48. The van der Waals surface area contributed by atoms with Gasteiger partial charge in [0.15, 0.2) is 0 Å². The van der Waals surface area contributed by atoms with Gasteiger partial charge in [0.25, 0.3) is 0 Å². The number of carbonyl (C=O) groups is 1. The molecule has 3 nitrogen and oxygen atoms in total. The van der Waals surface area contributed by atoms with Crippen LogP contribution in [0.3, 0.4) is 0 Å². The molecule has 0 saturated heterocycles. The van der Waals surface area contributed by atoms with Gasteiger partial charge in [0.1, 0.15) is 0 Å². The molecule has 0 bridgehead atoms. The van der Waals surface area contributed by atoms with E-state index in [-0.39, 0.29) is 23.8 Å². The van der Waals surface area contributed by atoms with Crippen molar-refractivity contribution < 1.29 is 9.90 Å². The van der Waals surface area contributed by atoms with Gasteiger partial charge in [-0.05, 0) is 43.4 Å². The minimum Gasteiger partial charge on any atom is -0.396 e. The van der Waals surface area contributed by atoms with E-state index in [4.69, 9.17) is 5.11 Å². The zero-order chi connectivity index (χ0) is 11.6. The molecule has 2 atom stereocenters. The van der Waals surface area contributed by atoms with Crippen LogP contribution in [0.25, 0.3) is 0 Å². The van der Waals surface area contributed by atoms with Gasteiger partial charge in [-0.1, -0.05) is 13.3 Å². The van der Waals surface area contributed by atoms with E-state index in [0.717, 1.165) is 32.2 Å². The van der Waals surface area contributed by atoms with Crippen molar-refractivity contribution >= 4 is 5.91 Å². The fourth-order valence-electron chi connectivity index (χ4n) is 2.87. The first-order valence-corrected chi connectivity index (χ1v) is 6.55. The standard InChI is InChI=1S/C13H23NO2/c1-10-3-2-4-11(10)12(16)14-9-13(5-6-13)7-8-15/h10-11,15H,2-9H2,1H3,(H,14,16). The Bertz CT molecular complexity index is 261. The van der Waals surface area contributed by atoms with Gasteiger partial charge in [-0.25, -0.2) is 0 Å².